The van der Waals surface area contributed by atoms with Gasteiger partial charge < -0.3 is 0 Å². The van der Waals surface area contributed by atoms with Gasteiger partial charge in [0.1, 0.15) is 75.6 Å². The minimum atomic E-state index is -4.30. The van der Waals surface area contributed by atoms with E-state index >= 15 is 0 Å². The molecular weight excluding hydrogens is 1760 g/mol. The maximum Gasteiger partial charge on any atom is 0.416 e. The van der Waals surface area contributed by atoms with Crippen molar-refractivity contribution >= 4 is 109 Å². The summed E-state index contributed by atoms with van der Waals surface area (Å²) >= 11 is 5.77. The number of benzene rings is 16. The first-order valence-corrected chi connectivity index (χ1v) is 42.4. The molecule has 0 aromatic heterocycles. The van der Waals surface area contributed by atoms with Crippen LogP contribution in [0.15, 0.2) is 364 Å². The van der Waals surface area contributed by atoms with Gasteiger partial charge in [-0.15, -0.1) is 0 Å². The van der Waals surface area contributed by atoms with E-state index < -0.39 is 23.4 Å². The van der Waals surface area contributed by atoms with E-state index in [9.17, 15) is 70.2 Å². The van der Waals surface area contributed by atoms with Crippen LogP contribution < -0.4 is 0 Å². The summed E-state index contributed by atoms with van der Waals surface area (Å²) in [5.74, 6) is -4.29. The van der Waals surface area contributed by atoms with Gasteiger partial charge in [0.05, 0.1) is 5.56 Å². The minimum Gasteiger partial charge on any atom is -0.207 e. The fourth-order valence-corrected chi connectivity index (χ4v) is 12.2. The monoisotopic (exact) mass is 1850 g/mol. The predicted octanol–water partition coefficient (Wildman–Crippen LogP) is 35.9. The molecule has 682 valence electrons. The average Bonchev–Trinajstić information content (AvgIpc) is 0.855. The fraction of sp³-hybridized carbons (Fsp3) is 0.0508. The summed E-state index contributed by atoms with van der Waals surface area (Å²) in [6, 6.07) is 97.3. The van der Waals surface area contributed by atoms with Gasteiger partial charge in [-0.05, 0) is 265 Å². The van der Waals surface area contributed by atoms with E-state index in [1.54, 1.807) is 182 Å². The molecule has 16 aromatic rings. The van der Waals surface area contributed by atoms with Gasteiger partial charge in [-0.25, -0.2) is 57.1 Å². The van der Waals surface area contributed by atoms with Gasteiger partial charge in [-0.1, -0.05) is 332 Å². The molecule has 0 unspecified atom stereocenters. The molecule has 0 nitrogen and oxygen atoms in total. The third kappa shape index (κ3) is 38.5. The van der Waals surface area contributed by atoms with Crippen LogP contribution >= 0.6 is 11.6 Å². The molecule has 16 aromatic carbocycles. The van der Waals surface area contributed by atoms with Crippen molar-refractivity contribution in [1.82, 2.24) is 0 Å². The Labute approximate surface area is 782 Å². The Balaban J connectivity index is 0.000000173. The van der Waals surface area contributed by atoms with Crippen LogP contribution in [0, 0.1) is 110 Å². The SMILES string of the molecule is Cc1ccc(/C=C/c2ccc(F)cc2)c(F)c1.Cc1ccc(/C=C/c2cccc(C(F)(F)F)c2)cc1.Cc1ccc(/C=C/c2cccc(F)c2)c(F)c1.Cc1ccc(/C=C/c2cccc(F)c2)cc1.Cc1ccc(F)c(/C=C/c2cccc(F)c2)c1.Fc1cccc(/C=C/c2c(F)cccc2F)c1.Fc1cccc(/C=C/c2cccc(F)c2)c1.Fc1ccccc1/C=C/c1ccc(Cl)cc1. The van der Waals surface area contributed by atoms with Crippen molar-refractivity contribution in [3.8, 4) is 0 Å². The molecule has 0 amide bonds. The Morgan fingerprint density at radius 1 is 0.178 bits per heavy atom. The first-order chi connectivity index (χ1) is 64.8. The number of hydrogen-bond donors (Lipinski definition) is 0. The molecule has 16 rings (SSSR count). The lowest BCUT2D eigenvalue weighted by molar-refractivity contribution is -0.137. The molecule has 17 heteroatoms. The van der Waals surface area contributed by atoms with Crippen molar-refractivity contribution in [1.29, 1.82) is 0 Å². The van der Waals surface area contributed by atoms with E-state index in [1.807, 2.05) is 131 Å². The summed E-state index contributed by atoms with van der Waals surface area (Å²) in [5, 5.41) is 0.697. The van der Waals surface area contributed by atoms with E-state index in [0.717, 1.165) is 73.3 Å². The topological polar surface area (TPSA) is 0 Å². The second kappa shape index (κ2) is 53.8. The summed E-state index contributed by atoms with van der Waals surface area (Å²) < 4.78 is 208. The van der Waals surface area contributed by atoms with Gasteiger partial charge in [0.15, 0.2) is 0 Å². The van der Waals surface area contributed by atoms with E-state index in [1.165, 1.54) is 157 Å². The van der Waals surface area contributed by atoms with Crippen LogP contribution in [0.2, 0.25) is 5.02 Å². The average molecular weight is 1850 g/mol. The third-order valence-electron chi connectivity index (χ3n) is 19.2. The number of halogens is 17. The summed E-state index contributed by atoms with van der Waals surface area (Å²) in [6.45, 7) is 9.62. The van der Waals surface area contributed by atoms with Crippen molar-refractivity contribution in [3.63, 3.8) is 0 Å². The second-order valence-corrected chi connectivity index (χ2v) is 30.7. The molecule has 0 saturated heterocycles. The Hall–Kier alpha value is -15.4. The maximum absolute atomic E-state index is 13.5. The van der Waals surface area contributed by atoms with Crippen molar-refractivity contribution in [2.45, 2.75) is 40.8 Å². The highest BCUT2D eigenvalue weighted by molar-refractivity contribution is 6.30. The summed E-state index contributed by atoms with van der Waals surface area (Å²) in [5.41, 5.74) is 15.3. The van der Waals surface area contributed by atoms with Crippen LogP contribution in [0.25, 0.3) is 97.2 Å². The van der Waals surface area contributed by atoms with E-state index in [4.69, 9.17) is 11.6 Å². The Bertz CT molecular complexity index is 6670. The van der Waals surface area contributed by atoms with E-state index in [-0.39, 0.29) is 69.6 Å². The molecule has 0 fully saturated rings. The smallest absolute Gasteiger partial charge is 0.207 e. The highest BCUT2D eigenvalue weighted by Gasteiger charge is 2.30. The predicted molar refractivity (Wildman–Crippen MR) is 528 cm³/mol. The summed E-state index contributed by atoms with van der Waals surface area (Å²) in [6.07, 6.45) is 23.0. The van der Waals surface area contributed by atoms with Gasteiger partial charge >= 0.3 is 6.18 Å². The van der Waals surface area contributed by atoms with Gasteiger partial charge in [-0.3, -0.25) is 0 Å². The molecule has 0 saturated carbocycles. The first kappa shape index (κ1) is 103. The first-order valence-electron chi connectivity index (χ1n) is 42.1. The molecule has 0 atom stereocenters. The van der Waals surface area contributed by atoms with Gasteiger partial charge in [0, 0.05) is 32.8 Å². The molecule has 0 aliphatic carbocycles. The van der Waals surface area contributed by atoms with Gasteiger partial charge in [0.2, 0.25) is 0 Å². The Morgan fingerprint density at radius 3 is 0.793 bits per heavy atom. The number of hydrogen-bond acceptors (Lipinski definition) is 0. The summed E-state index contributed by atoms with van der Waals surface area (Å²) in [4.78, 5) is 0. The highest BCUT2D eigenvalue weighted by atomic mass is 35.5. The van der Waals surface area contributed by atoms with Gasteiger partial charge in [0.25, 0.3) is 0 Å². The van der Waals surface area contributed by atoms with Crippen LogP contribution in [0.4, 0.5) is 70.2 Å². The molecule has 0 N–H and O–H groups in total. The molecule has 0 radical (unpaired) electrons. The van der Waals surface area contributed by atoms with Crippen molar-refractivity contribution in [3.05, 3.63) is 567 Å². The molecule has 135 heavy (non-hydrogen) atoms. The molecule has 0 heterocycles. The van der Waals surface area contributed by atoms with Gasteiger partial charge in [-0.2, -0.15) is 13.2 Å². The Kier molecular flexibility index (Phi) is 41.2. The van der Waals surface area contributed by atoms with Crippen molar-refractivity contribution < 1.29 is 70.2 Å². The van der Waals surface area contributed by atoms with Crippen LogP contribution in [-0.4, -0.2) is 0 Å². The van der Waals surface area contributed by atoms with Crippen LogP contribution in [0.1, 0.15) is 122 Å². The summed E-state index contributed by atoms with van der Waals surface area (Å²) in [7, 11) is 0. The zero-order valence-corrected chi connectivity index (χ0v) is 74.6. The van der Waals surface area contributed by atoms with E-state index in [0.29, 0.717) is 49.5 Å². The highest BCUT2D eigenvalue weighted by Crippen LogP contribution is 2.31. The number of aryl methyl sites for hydroxylation is 5. The molecule has 0 spiro atoms. The fourth-order valence-electron chi connectivity index (χ4n) is 12.1. The lowest BCUT2D eigenvalue weighted by atomic mass is 10.1. The quantitative estimate of drug-likeness (QED) is 0.0668. The zero-order chi connectivity index (χ0) is 97.0. The maximum atomic E-state index is 13.5. The van der Waals surface area contributed by atoms with Crippen LogP contribution in [0.5, 0.6) is 0 Å². The molecule has 0 aliphatic rings. The minimum absolute atomic E-state index is 0.128. The second-order valence-electron chi connectivity index (χ2n) is 30.3. The lowest BCUT2D eigenvalue weighted by Gasteiger charge is -2.06. The molecule has 0 aliphatic heterocycles. The zero-order valence-electron chi connectivity index (χ0n) is 73.8. The molecule has 0 bridgehead atoms. The standard InChI is InChI=1S/C16H13F3.3C15H12F2.C15H13F.C14H10ClF.C14H9F3.C14H10F2/c1-12-5-7-13(8-6-12)9-10-14-3-2-4-15(11-14)16(17,18)19;1-11-2-6-13(15(17)10-11)7-3-12-4-8-14(16)9-5-12;1-11-5-8-15(17)13(9-11)7-6-12-3-2-4-14(16)10-12;1-11-5-7-13(15(17)9-11)8-6-12-3-2-4-14(16)10-12;1-12-5-7-13(8-6-12)9-10-14-3-2-4-15(16)11-14;15-13-9-6-11(7-10-13)5-8-12-3-1-2-4-14(12)16;15-11-4-1-3-10(9-11)7-8-12-13(16)5-2-6-14(12)17;15-13-5-1-3-11(9-13)7-8-12-4-2-6-14(16)10-12/h2-11H,1H3;3*2-10H,1H3;2-11H,1H3;1-10H;1-9H;1-10H/b10-9+;7-3+;7-6+;8-6+;10-9+;8-5+;2*8-7+. The third-order valence-corrected chi connectivity index (χ3v) is 19.5. The number of rotatable bonds is 16. The number of alkyl halides is 3. The Morgan fingerprint density at radius 2 is 0.437 bits per heavy atom. The van der Waals surface area contributed by atoms with Crippen LogP contribution in [0.3, 0.4) is 0 Å². The largest absolute Gasteiger partial charge is 0.416 e. The van der Waals surface area contributed by atoms with Crippen molar-refractivity contribution in [2.75, 3.05) is 0 Å². The molecular formula is C118H91ClF16. The van der Waals surface area contributed by atoms with Crippen molar-refractivity contribution in [2.24, 2.45) is 0 Å². The van der Waals surface area contributed by atoms with Crippen LogP contribution in [-0.2, 0) is 6.18 Å². The normalized spacial score (nSPS) is 11.1. The lowest BCUT2D eigenvalue weighted by Crippen LogP contribution is -2.04. The van der Waals surface area contributed by atoms with E-state index in [2.05, 4.69) is 19.1 Å².